The van der Waals surface area contributed by atoms with Crippen molar-refractivity contribution >= 4 is 39.9 Å². The molecule has 1 saturated heterocycles. The minimum Gasteiger partial charge on any atom is -0.336 e. The van der Waals surface area contributed by atoms with Crippen LogP contribution in [0.15, 0.2) is 42.5 Å². The molecule has 2 aromatic carbocycles. The number of likely N-dealkylation sites (tertiary alicyclic amines) is 1. The lowest BCUT2D eigenvalue weighted by atomic mass is 9.99. The number of nitrogens with zero attached hydrogens (tertiary/aromatic N) is 1. The maximum absolute atomic E-state index is 12.4. The molecule has 0 saturated carbocycles. The summed E-state index contributed by atoms with van der Waals surface area (Å²) in [6.07, 6.45) is 0. The highest BCUT2D eigenvalue weighted by Crippen LogP contribution is 2.36. The van der Waals surface area contributed by atoms with Crippen LogP contribution in [0.25, 0.3) is 10.8 Å². The number of benzene rings is 2. The first-order chi connectivity index (χ1) is 10.0. The lowest BCUT2D eigenvalue weighted by molar-refractivity contribution is -0.130. The van der Waals surface area contributed by atoms with Gasteiger partial charge >= 0.3 is 0 Å². The smallest absolute Gasteiger partial charge is 0.244 e. The molecule has 0 radical (unpaired) electrons. The van der Waals surface area contributed by atoms with Crippen molar-refractivity contribution < 1.29 is 4.79 Å². The van der Waals surface area contributed by atoms with Crippen molar-refractivity contribution in [1.29, 1.82) is 0 Å². The van der Waals surface area contributed by atoms with Crippen molar-refractivity contribution in [2.24, 2.45) is 5.92 Å². The van der Waals surface area contributed by atoms with Crippen LogP contribution >= 0.6 is 23.2 Å². The van der Waals surface area contributed by atoms with E-state index < -0.39 is 4.87 Å². The lowest BCUT2D eigenvalue weighted by Crippen LogP contribution is -2.35. The zero-order valence-electron chi connectivity index (χ0n) is 11.9. The van der Waals surface area contributed by atoms with E-state index >= 15 is 0 Å². The molecule has 110 valence electrons. The fourth-order valence-corrected chi connectivity index (χ4v) is 3.64. The van der Waals surface area contributed by atoms with Crippen LogP contribution in [-0.2, 0) is 11.3 Å². The van der Waals surface area contributed by atoms with Crippen molar-refractivity contribution in [3.8, 4) is 0 Å². The Balaban J connectivity index is 1.84. The van der Waals surface area contributed by atoms with Gasteiger partial charge in [0.25, 0.3) is 0 Å². The second kappa shape index (κ2) is 5.51. The van der Waals surface area contributed by atoms with E-state index in [1.165, 1.54) is 10.8 Å². The summed E-state index contributed by atoms with van der Waals surface area (Å²) >= 11 is 12.3. The van der Waals surface area contributed by atoms with Crippen LogP contribution in [-0.4, -0.2) is 28.1 Å². The molecule has 1 heterocycles. The van der Waals surface area contributed by atoms with Gasteiger partial charge in [-0.05, 0) is 29.3 Å². The number of hydrogen-bond acceptors (Lipinski definition) is 1. The molecule has 0 aromatic heterocycles. The Labute approximate surface area is 134 Å². The number of carbonyl (C=O) groups is 1. The third kappa shape index (κ3) is 2.63. The molecule has 2 aromatic rings. The van der Waals surface area contributed by atoms with Gasteiger partial charge in [-0.1, -0.05) is 36.4 Å². The zero-order valence-corrected chi connectivity index (χ0v) is 13.4. The number of amides is 1. The Morgan fingerprint density at radius 3 is 2.62 bits per heavy atom. The number of alkyl halides is 2. The SMILES string of the molecule is C[C@]1(Cl)C(=O)N(Cc2ccc3ccccc3c2)C[C@H]1CCl. The van der Waals surface area contributed by atoms with E-state index in [4.69, 9.17) is 23.2 Å². The first kappa shape index (κ1) is 14.7. The van der Waals surface area contributed by atoms with Crippen LogP contribution in [0.3, 0.4) is 0 Å². The first-order valence-electron chi connectivity index (χ1n) is 7.04. The summed E-state index contributed by atoms with van der Waals surface area (Å²) in [5, 5.41) is 2.39. The molecule has 1 fully saturated rings. The number of carbonyl (C=O) groups excluding carboxylic acids is 1. The predicted octanol–water partition coefficient (Wildman–Crippen LogP) is 4.03. The summed E-state index contributed by atoms with van der Waals surface area (Å²) in [6.45, 7) is 2.97. The molecule has 2 nitrogen and oxygen atoms in total. The van der Waals surface area contributed by atoms with Crippen molar-refractivity contribution in [3.05, 3.63) is 48.0 Å². The second-order valence-electron chi connectivity index (χ2n) is 5.79. The Morgan fingerprint density at radius 2 is 1.95 bits per heavy atom. The number of rotatable bonds is 3. The average molecular weight is 322 g/mol. The molecule has 21 heavy (non-hydrogen) atoms. The van der Waals surface area contributed by atoms with Crippen LogP contribution in [0.1, 0.15) is 12.5 Å². The topological polar surface area (TPSA) is 20.3 Å². The van der Waals surface area contributed by atoms with E-state index in [0.717, 1.165) is 5.56 Å². The van der Waals surface area contributed by atoms with Crippen LogP contribution in [0, 0.1) is 5.92 Å². The standard InChI is InChI=1S/C17H17Cl2NO/c1-17(19)15(9-18)11-20(16(17)21)10-12-6-7-13-4-2-3-5-14(13)8-12/h2-8,15H,9-11H2,1H3/t15-,17-/m1/s1. The van der Waals surface area contributed by atoms with E-state index in [2.05, 4.69) is 30.3 Å². The molecular formula is C17H17Cl2NO. The first-order valence-corrected chi connectivity index (χ1v) is 7.95. The minimum absolute atomic E-state index is 0.00575. The minimum atomic E-state index is -0.876. The molecule has 2 atom stereocenters. The molecular weight excluding hydrogens is 305 g/mol. The zero-order chi connectivity index (χ0) is 15.0. The molecule has 0 bridgehead atoms. The molecule has 0 N–H and O–H groups in total. The Bertz CT molecular complexity index is 683. The third-order valence-electron chi connectivity index (χ3n) is 4.29. The van der Waals surface area contributed by atoms with Gasteiger partial charge < -0.3 is 4.90 Å². The number of halogens is 2. The number of fused-ring (bicyclic) bond motifs is 1. The van der Waals surface area contributed by atoms with Crippen molar-refractivity contribution in [2.75, 3.05) is 12.4 Å². The Morgan fingerprint density at radius 1 is 1.24 bits per heavy atom. The van der Waals surface area contributed by atoms with E-state index in [1.54, 1.807) is 6.92 Å². The largest absolute Gasteiger partial charge is 0.336 e. The second-order valence-corrected chi connectivity index (χ2v) is 6.89. The van der Waals surface area contributed by atoms with Crippen LogP contribution in [0.5, 0.6) is 0 Å². The van der Waals surface area contributed by atoms with E-state index in [-0.39, 0.29) is 11.8 Å². The van der Waals surface area contributed by atoms with E-state index in [1.807, 2.05) is 17.0 Å². The van der Waals surface area contributed by atoms with E-state index in [9.17, 15) is 4.79 Å². The molecule has 3 rings (SSSR count). The summed E-state index contributed by atoms with van der Waals surface area (Å²) in [5.74, 6) is 0.372. The van der Waals surface area contributed by atoms with Gasteiger partial charge in [0.1, 0.15) is 4.87 Å². The van der Waals surface area contributed by atoms with Gasteiger partial charge in [0.15, 0.2) is 0 Å². The predicted molar refractivity (Wildman–Crippen MR) is 87.8 cm³/mol. The van der Waals surface area contributed by atoms with Gasteiger partial charge in [-0.25, -0.2) is 0 Å². The molecule has 1 aliphatic heterocycles. The molecule has 0 spiro atoms. The van der Waals surface area contributed by atoms with Gasteiger partial charge in [0.2, 0.25) is 5.91 Å². The van der Waals surface area contributed by atoms with E-state index in [0.29, 0.717) is 19.0 Å². The van der Waals surface area contributed by atoms with Crippen molar-refractivity contribution in [3.63, 3.8) is 0 Å². The van der Waals surface area contributed by atoms with Gasteiger partial charge in [-0.3, -0.25) is 4.79 Å². The summed E-state index contributed by atoms with van der Waals surface area (Å²) in [6, 6.07) is 14.5. The molecule has 1 amide bonds. The highest BCUT2D eigenvalue weighted by Gasteiger charge is 2.48. The Kier molecular flexibility index (Phi) is 3.85. The quantitative estimate of drug-likeness (QED) is 0.781. The molecule has 4 heteroatoms. The summed E-state index contributed by atoms with van der Waals surface area (Å²) in [4.78, 5) is 13.3. The van der Waals surface area contributed by atoms with Crippen LogP contribution < -0.4 is 0 Å². The summed E-state index contributed by atoms with van der Waals surface area (Å²) in [7, 11) is 0. The fraction of sp³-hybridized carbons (Fsp3) is 0.353. The highest BCUT2D eigenvalue weighted by molar-refractivity contribution is 6.36. The average Bonchev–Trinajstić information content (AvgIpc) is 2.70. The summed E-state index contributed by atoms with van der Waals surface area (Å²) < 4.78 is 0. The summed E-state index contributed by atoms with van der Waals surface area (Å²) in [5.41, 5.74) is 1.12. The maximum Gasteiger partial charge on any atom is 0.244 e. The Hall–Kier alpha value is -1.25. The number of hydrogen-bond donors (Lipinski definition) is 0. The van der Waals surface area contributed by atoms with Gasteiger partial charge in [-0.15, -0.1) is 23.2 Å². The van der Waals surface area contributed by atoms with Crippen LogP contribution in [0.2, 0.25) is 0 Å². The van der Waals surface area contributed by atoms with Gasteiger partial charge in [-0.2, -0.15) is 0 Å². The molecule has 0 aliphatic carbocycles. The maximum atomic E-state index is 12.4. The van der Waals surface area contributed by atoms with Gasteiger partial charge in [0.05, 0.1) is 0 Å². The molecule has 1 aliphatic rings. The van der Waals surface area contributed by atoms with Crippen molar-refractivity contribution in [2.45, 2.75) is 18.3 Å². The molecule has 0 unspecified atom stereocenters. The highest BCUT2D eigenvalue weighted by atomic mass is 35.5. The van der Waals surface area contributed by atoms with Crippen LogP contribution in [0.4, 0.5) is 0 Å². The third-order valence-corrected chi connectivity index (χ3v) is 5.13. The van der Waals surface area contributed by atoms with Gasteiger partial charge in [0, 0.05) is 24.9 Å². The normalized spacial score (nSPS) is 25.8. The lowest BCUT2D eigenvalue weighted by Gasteiger charge is -2.19. The van der Waals surface area contributed by atoms with Crippen molar-refractivity contribution in [1.82, 2.24) is 4.90 Å². The fourth-order valence-electron chi connectivity index (χ4n) is 2.89. The monoisotopic (exact) mass is 321 g/mol.